The first-order valence-electron chi connectivity index (χ1n) is 7.15. The predicted molar refractivity (Wildman–Crippen MR) is 73.7 cm³/mol. The number of halogens is 2. The number of esters is 1. The highest BCUT2D eigenvalue weighted by molar-refractivity contribution is 5.70. The molecular weight excluding hydrogens is 300 g/mol. The molecule has 0 N–H and O–H groups in total. The molecular formula is C14H23F2NO5. The zero-order chi connectivity index (χ0) is 17.0. The van der Waals surface area contributed by atoms with E-state index in [-0.39, 0.29) is 19.8 Å². The average Bonchev–Trinajstić information content (AvgIpc) is 2.63. The van der Waals surface area contributed by atoms with E-state index in [1.807, 2.05) is 0 Å². The van der Waals surface area contributed by atoms with Crippen LogP contribution in [0.25, 0.3) is 0 Å². The summed E-state index contributed by atoms with van der Waals surface area (Å²) in [5.74, 6) is -3.56. The van der Waals surface area contributed by atoms with Crippen LogP contribution < -0.4 is 0 Å². The standard InChI is InChI=1S/C14H23F2NO5/c1-5-21-11(18)8-20-7-10-6-14(15,16)9-17(10)12(19)22-13(2,3)4/h10H,5-9H2,1-4H3. The number of ether oxygens (including phenoxy) is 3. The first kappa shape index (κ1) is 18.6. The molecule has 0 aromatic rings. The van der Waals surface area contributed by atoms with Crippen LogP contribution in [0.15, 0.2) is 0 Å². The van der Waals surface area contributed by atoms with E-state index in [4.69, 9.17) is 9.47 Å². The van der Waals surface area contributed by atoms with Gasteiger partial charge in [-0.05, 0) is 27.7 Å². The lowest BCUT2D eigenvalue weighted by atomic mass is 10.2. The lowest BCUT2D eigenvalue weighted by Gasteiger charge is -2.27. The minimum absolute atomic E-state index is 0.173. The molecule has 0 aromatic heterocycles. The first-order valence-corrected chi connectivity index (χ1v) is 7.15. The molecule has 1 heterocycles. The maximum atomic E-state index is 13.5. The summed E-state index contributed by atoms with van der Waals surface area (Å²) in [6.07, 6.45) is -1.33. The van der Waals surface area contributed by atoms with Crippen molar-refractivity contribution in [1.82, 2.24) is 4.90 Å². The Morgan fingerprint density at radius 1 is 1.32 bits per heavy atom. The second kappa shape index (κ2) is 7.21. The third-order valence-corrected chi connectivity index (χ3v) is 2.84. The van der Waals surface area contributed by atoms with E-state index >= 15 is 0 Å². The van der Waals surface area contributed by atoms with Crippen LogP contribution in [0.1, 0.15) is 34.1 Å². The minimum atomic E-state index is -2.99. The van der Waals surface area contributed by atoms with Crippen LogP contribution in [0.5, 0.6) is 0 Å². The fourth-order valence-electron chi connectivity index (χ4n) is 2.06. The van der Waals surface area contributed by atoms with E-state index < -0.39 is 42.6 Å². The third-order valence-electron chi connectivity index (χ3n) is 2.84. The quantitative estimate of drug-likeness (QED) is 0.726. The molecule has 0 bridgehead atoms. The predicted octanol–water partition coefficient (Wildman–Crippen LogP) is 2.21. The van der Waals surface area contributed by atoms with Crippen LogP contribution in [0.2, 0.25) is 0 Å². The van der Waals surface area contributed by atoms with Gasteiger partial charge in [0.1, 0.15) is 12.2 Å². The van der Waals surface area contributed by atoms with Gasteiger partial charge < -0.3 is 14.2 Å². The number of likely N-dealkylation sites (tertiary alicyclic amines) is 1. The Morgan fingerprint density at radius 3 is 2.50 bits per heavy atom. The molecule has 1 fully saturated rings. The van der Waals surface area contributed by atoms with Gasteiger partial charge in [0.25, 0.3) is 5.92 Å². The number of hydrogen-bond donors (Lipinski definition) is 0. The van der Waals surface area contributed by atoms with Gasteiger partial charge in [0.05, 0.1) is 25.8 Å². The number of alkyl halides is 2. The Hall–Kier alpha value is -1.44. The maximum absolute atomic E-state index is 13.5. The molecule has 8 heteroatoms. The number of carbonyl (C=O) groups is 2. The second-order valence-electron chi connectivity index (χ2n) is 6.14. The summed E-state index contributed by atoms with van der Waals surface area (Å²) in [6, 6.07) is -0.834. The molecule has 0 aliphatic carbocycles. The van der Waals surface area contributed by atoms with Gasteiger partial charge in [0.2, 0.25) is 0 Å². The van der Waals surface area contributed by atoms with Crippen molar-refractivity contribution in [2.24, 2.45) is 0 Å². The Kier molecular flexibility index (Phi) is 6.10. The van der Waals surface area contributed by atoms with Crippen molar-refractivity contribution in [2.75, 3.05) is 26.4 Å². The normalized spacial score (nSPS) is 20.8. The number of nitrogens with zero attached hydrogens (tertiary/aromatic N) is 1. The molecule has 0 spiro atoms. The van der Waals surface area contributed by atoms with E-state index in [1.165, 1.54) is 0 Å². The van der Waals surface area contributed by atoms with Crippen molar-refractivity contribution in [3.8, 4) is 0 Å². The largest absolute Gasteiger partial charge is 0.464 e. The number of amides is 1. The van der Waals surface area contributed by atoms with Crippen molar-refractivity contribution in [3.05, 3.63) is 0 Å². The van der Waals surface area contributed by atoms with Gasteiger partial charge in [-0.25, -0.2) is 18.4 Å². The average molecular weight is 323 g/mol. The topological polar surface area (TPSA) is 65.1 Å². The van der Waals surface area contributed by atoms with E-state index in [0.29, 0.717) is 0 Å². The summed E-state index contributed by atoms with van der Waals surface area (Å²) in [5, 5.41) is 0. The highest BCUT2D eigenvalue weighted by atomic mass is 19.3. The summed E-state index contributed by atoms with van der Waals surface area (Å²) in [7, 11) is 0. The molecule has 22 heavy (non-hydrogen) atoms. The van der Waals surface area contributed by atoms with Gasteiger partial charge in [0, 0.05) is 6.42 Å². The molecule has 1 unspecified atom stereocenters. The van der Waals surface area contributed by atoms with Gasteiger partial charge in [-0.3, -0.25) is 4.90 Å². The van der Waals surface area contributed by atoms with E-state index in [9.17, 15) is 18.4 Å². The van der Waals surface area contributed by atoms with Crippen LogP contribution in [0, 0.1) is 0 Å². The lowest BCUT2D eigenvalue weighted by Crippen LogP contribution is -2.42. The van der Waals surface area contributed by atoms with Gasteiger partial charge >= 0.3 is 12.1 Å². The SMILES string of the molecule is CCOC(=O)COCC1CC(F)(F)CN1C(=O)OC(C)(C)C. The highest BCUT2D eigenvalue weighted by Crippen LogP contribution is 2.33. The van der Waals surface area contributed by atoms with Crippen LogP contribution in [0.3, 0.4) is 0 Å². The molecule has 1 amide bonds. The van der Waals surface area contributed by atoms with E-state index in [2.05, 4.69) is 4.74 Å². The molecule has 128 valence electrons. The van der Waals surface area contributed by atoms with Gasteiger partial charge in [-0.2, -0.15) is 0 Å². The van der Waals surface area contributed by atoms with Crippen LogP contribution in [0.4, 0.5) is 13.6 Å². The molecule has 1 aliphatic rings. The first-order chi connectivity index (χ1) is 10.0. The Morgan fingerprint density at radius 2 is 1.95 bits per heavy atom. The summed E-state index contributed by atoms with van der Waals surface area (Å²) < 4.78 is 42.0. The van der Waals surface area contributed by atoms with Crippen molar-refractivity contribution in [3.63, 3.8) is 0 Å². The fraction of sp³-hybridized carbons (Fsp3) is 0.857. The summed E-state index contributed by atoms with van der Waals surface area (Å²) >= 11 is 0. The van der Waals surface area contributed by atoms with Crippen LogP contribution >= 0.6 is 0 Å². The molecule has 0 saturated carbocycles. The molecule has 0 radical (unpaired) electrons. The van der Waals surface area contributed by atoms with Gasteiger partial charge in [0.15, 0.2) is 0 Å². The van der Waals surface area contributed by atoms with Crippen molar-refractivity contribution in [1.29, 1.82) is 0 Å². The van der Waals surface area contributed by atoms with Crippen molar-refractivity contribution >= 4 is 12.1 Å². The number of rotatable bonds is 5. The molecule has 1 rings (SSSR count). The second-order valence-corrected chi connectivity index (χ2v) is 6.14. The summed E-state index contributed by atoms with van der Waals surface area (Å²) in [6.45, 7) is 5.62. The summed E-state index contributed by atoms with van der Waals surface area (Å²) in [4.78, 5) is 24.1. The smallest absolute Gasteiger partial charge is 0.410 e. The zero-order valence-electron chi connectivity index (χ0n) is 13.4. The minimum Gasteiger partial charge on any atom is -0.464 e. The molecule has 0 aromatic carbocycles. The van der Waals surface area contributed by atoms with Gasteiger partial charge in [-0.15, -0.1) is 0 Å². The summed E-state index contributed by atoms with van der Waals surface area (Å²) in [5.41, 5.74) is -0.773. The Balaban J connectivity index is 2.58. The van der Waals surface area contributed by atoms with E-state index in [1.54, 1.807) is 27.7 Å². The Bertz CT molecular complexity index is 409. The monoisotopic (exact) mass is 323 g/mol. The third kappa shape index (κ3) is 6.13. The van der Waals surface area contributed by atoms with Crippen molar-refractivity contribution < 1.29 is 32.6 Å². The molecule has 6 nitrogen and oxygen atoms in total. The number of hydrogen-bond acceptors (Lipinski definition) is 5. The van der Waals surface area contributed by atoms with Crippen LogP contribution in [-0.4, -0.2) is 60.9 Å². The maximum Gasteiger partial charge on any atom is 0.410 e. The fourth-order valence-corrected chi connectivity index (χ4v) is 2.06. The molecule has 1 aliphatic heterocycles. The van der Waals surface area contributed by atoms with E-state index in [0.717, 1.165) is 4.90 Å². The van der Waals surface area contributed by atoms with Gasteiger partial charge in [-0.1, -0.05) is 0 Å². The number of carbonyl (C=O) groups excluding carboxylic acids is 2. The zero-order valence-corrected chi connectivity index (χ0v) is 13.4. The Labute approximate surface area is 128 Å². The van der Waals surface area contributed by atoms with Crippen molar-refractivity contribution in [2.45, 2.75) is 51.7 Å². The molecule has 1 saturated heterocycles. The molecule has 1 atom stereocenters. The lowest BCUT2D eigenvalue weighted by molar-refractivity contribution is -0.148. The van der Waals surface area contributed by atoms with Crippen LogP contribution in [-0.2, 0) is 19.0 Å². The highest BCUT2D eigenvalue weighted by Gasteiger charge is 2.48.